The molecule has 9 heteroatoms. The summed E-state index contributed by atoms with van der Waals surface area (Å²) in [5, 5.41) is 8.35. The summed E-state index contributed by atoms with van der Waals surface area (Å²) in [5.41, 5.74) is 1.79. The number of thiazole rings is 1. The fourth-order valence-corrected chi connectivity index (χ4v) is 3.40. The van der Waals surface area contributed by atoms with E-state index in [4.69, 9.17) is 4.74 Å². The number of para-hydroxylation sites is 2. The van der Waals surface area contributed by atoms with E-state index in [1.54, 1.807) is 43.3 Å². The fraction of sp³-hybridized carbons (Fsp3) is 0.150. The lowest BCUT2D eigenvalue weighted by atomic mass is 10.2. The van der Waals surface area contributed by atoms with Gasteiger partial charge in [0, 0.05) is 6.54 Å². The summed E-state index contributed by atoms with van der Waals surface area (Å²) in [6, 6.07) is 12.4. The van der Waals surface area contributed by atoms with Crippen LogP contribution in [0.1, 0.15) is 20.9 Å². The van der Waals surface area contributed by atoms with Crippen LogP contribution in [-0.2, 0) is 6.54 Å². The number of ether oxygens (including phenoxy) is 1. The first kappa shape index (κ1) is 20.3. The van der Waals surface area contributed by atoms with Crippen LogP contribution in [0.4, 0.5) is 20.0 Å². The van der Waals surface area contributed by atoms with E-state index in [1.807, 2.05) is 0 Å². The van der Waals surface area contributed by atoms with Crippen LogP contribution >= 0.6 is 11.3 Å². The zero-order chi connectivity index (χ0) is 20.8. The third-order valence-electron chi connectivity index (χ3n) is 3.94. The number of aromatic nitrogens is 1. The molecule has 0 spiro atoms. The van der Waals surface area contributed by atoms with Crippen LogP contribution in [0.3, 0.4) is 0 Å². The number of hydrogen-bond donors (Lipinski definition) is 3. The van der Waals surface area contributed by atoms with Crippen LogP contribution in [0.2, 0.25) is 0 Å². The first-order valence-corrected chi connectivity index (χ1v) is 9.49. The van der Waals surface area contributed by atoms with Crippen LogP contribution < -0.4 is 20.7 Å². The van der Waals surface area contributed by atoms with Gasteiger partial charge in [-0.2, -0.15) is 0 Å². The summed E-state index contributed by atoms with van der Waals surface area (Å²) >= 11 is 1.07. The number of urea groups is 1. The molecule has 150 valence electrons. The van der Waals surface area contributed by atoms with Gasteiger partial charge in [0.2, 0.25) is 0 Å². The highest BCUT2D eigenvalue weighted by Gasteiger charge is 2.17. The third kappa shape index (κ3) is 5.29. The number of amides is 3. The average molecular weight is 414 g/mol. The van der Waals surface area contributed by atoms with E-state index in [0.29, 0.717) is 27.1 Å². The molecule has 0 radical (unpaired) electrons. The maximum absolute atomic E-state index is 12.9. The van der Waals surface area contributed by atoms with Crippen LogP contribution in [0.15, 0.2) is 48.5 Å². The van der Waals surface area contributed by atoms with Gasteiger partial charge in [-0.25, -0.2) is 14.2 Å². The van der Waals surface area contributed by atoms with Crippen LogP contribution in [0.25, 0.3) is 0 Å². The molecular weight excluding hydrogens is 395 g/mol. The third-order valence-corrected chi connectivity index (χ3v) is 5.02. The van der Waals surface area contributed by atoms with Crippen molar-refractivity contribution in [3.05, 3.63) is 70.5 Å². The molecule has 0 saturated carbocycles. The first-order valence-electron chi connectivity index (χ1n) is 8.67. The quantitative estimate of drug-likeness (QED) is 0.564. The highest BCUT2D eigenvalue weighted by atomic mass is 32.1. The standard InChI is InChI=1S/C20H19FN4O3S/c1-12-17(18(26)22-11-13-7-9-14(21)10-8-13)29-20(23-12)25-19(27)24-15-5-3-4-6-16(15)28-2/h3-10H,11H2,1-2H3,(H,22,26)(H2,23,24,25,27). The number of nitrogens with zero attached hydrogens (tertiary/aromatic N) is 1. The normalized spacial score (nSPS) is 10.3. The summed E-state index contributed by atoms with van der Waals surface area (Å²) < 4.78 is 18.1. The zero-order valence-electron chi connectivity index (χ0n) is 15.8. The summed E-state index contributed by atoms with van der Waals surface area (Å²) in [4.78, 5) is 29.3. The SMILES string of the molecule is COc1ccccc1NC(=O)Nc1nc(C)c(C(=O)NCc2ccc(F)cc2)s1. The molecule has 29 heavy (non-hydrogen) atoms. The number of hydrogen-bond acceptors (Lipinski definition) is 5. The topological polar surface area (TPSA) is 92.3 Å². The molecule has 7 nitrogen and oxygen atoms in total. The van der Waals surface area contributed by atoms with Gasteiger partial charge in [-0.05, 0) is 36.8 Å². The van der Waals surface area contributed by atoms with Crippen molar-refractivity contribution < 1.29 is 18.7 Å². The first-order chi connectivity index (χ1) is 14.0. The van der Waals surface area contributed by atoms with E-state index < -0.39 is 6.03 Å². The van der Waals surface area contributed by atoms with Crippen molar-refractivity contribution in [2.45, 2.75) is 13.5 Å². The highest BCUT2D eigenvalue weighted by Crippen LogP contribution is 2.25. The second-order valence-electron chi connectivity index (χ2n) is 6.02. The molecule has 0 fully saturated rings. The van der Waals surface area contributed by atoms with Crippen molar-refractivity contribution in [2.24, 2.45) is 0 Å². The molecule has 0 bridgehead atoms. The Bertz CT molecular complexity index is 1020. The van der Waals surface area contributed by atoms with Gasteiger partial charge in [-0.3, -0.25) is 10.1 Å². The van der Waals surface area contributed by atoms with Gasteiger partial charge in [0.15, 0.2) is 5.13 Å². The smallest absolute Gasteiger partial charge is 0.325 e. The van der Waals surface area contributed by atoms with E-state index in [1.165, 1.54) is 19.2 Å². The van der Waals surface area contributed by atoms with Crippen molar-refractivity contribution in [1.82, 2.24) is 10.3 Å². The molecule has 0 aliphatic rings. The van der Waals surface area contributed by atoms with E-state index in [0.717, 1.165) is 16.9 Å². The zero-order valence-corrected chi connectivity index (χ0v) is 16.6. The second-order valence-corrected chi connectivity index (χ2v) is 7.02. The minimum absolute atomic E-state index is 0.257. The maximum Gasteiger partial charge on any atom is 0.325 e. The molecule has 3 N–H and O–H groups in total. The van der Waals surface area contributed by atoms with Crippen LogP contribution in [0.5, 0.6) is 5.75 Å². The van der Waals surface area contributed by atoms with Gasteiger partial charge < -0.3 is 15.4 Å². The van der Waals surface area contributed by atoms with Crippen LogP contribution in [0, 0.1) is 12.7 Å². The lowest BCUT2D eigenvalue weighted by Gasteiger charge is -2.09. The van der Waals surface area contributed by atoms with Gasteiger partial charge in [-0.15, -0.1) is 0 Å². The second kappa shape index (κ2) is 9.16. The molecule has 3 amide bonds. The predicted molar refractivity (Wildman–Crippen MR) is 110 cm³/mol. The Balaban J connectivity index is 1.61. The van der Waals surface area contributed by atoms with Gasteiger partial charge in [0.1, 0.15) is 16.4 Å². The summed E-state index contributed by atoms with van der Waals surface area (Å²) in [7, 11) is 1.51. The van der Waals surface area contributed by atoms with Gasteiger partial charge in [0.05, 0.1) is 18.5 Å². The lowest BCUT2D eigenvalue weighted by Crippen LogP contribution is -2.22. The fourth-order valence-electron chi connectivity index (χ4n) is 2.52. The Morgan fingerprint density at radius 1 is 1.10 bits per heavy atom. The molecule has 0 aliphatic heterocycles. The molecular formula is C20H19FN4O3S. The lowest BCUT2D eigenvalue weighted by molar-refractivity contribution is 0.0954. The number of rotatable bonds is 6. The number of aryl methyl sites for hydroxylation is 1. The molecule has 0 saturated heterocycles. The molecule has 0 aliphatic carbocycles. The van der Waals surface area contributed by atoms with Crippen molar-refractivity contribution in [1.29, 1.82) is 0 Å². The van der Waals surface area contributed by atoms with Gasteiger partial charge in [0.25, 0.3) is 5.91 Å². The molecule has 0 unspecified atom stereocenters. The van der Waals surface area contributed by atoms with E-state index in [9.17, 15) is 14.0 Å². The molecule has 1 aromatic heterocycles. The Morgan fingerprint density at radius 3 is 2.55 bits per heavy atom. The predicted octanol–water partition coefficient (Wildman–Crippen LogP) is 4.17. The Morgan fingerprint density at radius 2 is 1.83 bits per heavy atom. The number of benzene rings is 2. The van der Waals surface area contributed by atoms with Crippen molar-refractivity contribution in [3.63, 3.8) is 0 Å². The number of anilines is 2. The molecule has 3 aromatic rings. The van der Waals surface area contributed by atoms with Gasteiger partial charge in [-0.1, -0.05) is 35.6 Å². The summed E-state index contributed by atoms with van der Waals surface area (Å²) in [6.45, 7) is 1.94. The minimum atomic E-state index is -0.499. The maximum atomic E-state index is 12.9. The number of methoxy groups -OCH3 is 1. The number of carbonyl (C=O) groups excluding carboxylic acids is 2. The summed E-state index contributed by atoms with van der Waals surface area (Å²) in [5.74, 6) is -0.123. The van der Waals surface area contributed by atoms with Crippen LogP contribution in [-0.4, -0.2) is 24.0 Å². The van der Waals surface area contributed by atoms with E-state index in [2.05, 4.69) is 20.9 Å². The Labute approximate surface area is 170 Å². The van der Waals surface area contributed by atoms with E-state index >= 15 is 0 Å². The summed E-state index contributed by atoms with van der Waals surface area (Å²) in [6.07, 6.45) is 0. The largest absolute Gasteiger partial charge is 0.495 e. The van der Waals surface area contributed by atoms with Gasteiger partial charge >= 0.3 is 6.03 Å². The molecule has 2 aromatic carbocycles. The highest BCUT2D eigenvalue weighted by molar-refractivity contribution is 7.17. The minimum Gasteiger partial charge on any atom is -0.495 e. The van der Waals surface area contributed by atoms with Crippen molar-refractivity contribution in [2.75, 3.05) is 17.7 Å². The Kier molecular flexibility index (Phi) is 6.40. The Hall–Kier alpha value is -3.46. The van der Waals surface area contributed by atoms with Crippen molar-refractivity contribution in [3.8, 4) is 5.75 Å². The average Bonchev–Trinajstić information content (AvgIpc) is 3.07. The molecule has 1 heterocycles. The van der Waals surface area contributed by atoms with E-state index in [-0.39, 0.29) is 18.3 Å². The molecule has 3 rings (SSSR count). The molecule has 0 atom stereocenters. The number of carbonyl (C=O) groups is 2. The monoisotopic (exact) mass is 414 g/mol. The number of halogens is 1. The number of nitrogens with one attached hydrogen (secondary N) is 3. The van der Waals surface area contributed by atoms with Crippen molar-refractivity contribution >= 4 is 34.1 Å².